The minimum absolute atomic E-state index is 0.0381. The van der Waals surface area contributed by atoms with Crippen LogP contribution in [0.2, 0.25) is 0 Å². The molecule has 2 aromatic heterocycles. The van der Waals surface area contributed by atoms with E-state index in [2.05, 4.69) is 30.5 Å². The second-order valence-corrected chi connectivity index (χ2v) is 7.33. The molecule has 0 atom stereocenters. The van der Waals surface area contributed by atoms with Gasteiger partial charge in [0.2, 0.25) is 10.0 Å². The number of nitriles is 1. The van der Waals surface area contributed by atoms with Crippen LogP contribution in [0.4, 0.5) is 17.3 Å². The molecule has 0 spiro atoms. The predicted molar refractivity (Wildman–Crippen MR) is 104 cm³/mol. The van der Waals surface area contributed by atoms with Crippen LogP contribution < -0.4 is 15.4 Å². The standard InChI is InChI=1S/C18H17N7O2S/c19-13-14-3-1-2-4-16(14)28(26,27)22-12-11-21-17-5-6-18(25-24-17)23-15-7-9-20-10-8-15/h1-10,22H,11-12H2,(H,21,24)(H,20,23,25). The lowest BCUT2D eigenvalue weighted by molar-refractivity contribution is 0.582. The number of benzene rings is 1. The van der Waals surface area contributed by atoms with Crippen LogP contribution in [0.3, 0.4) is 0 Å². The maximum absolute atomic E-state index is 12.3. The topological polar surface area (TPSA) is 133 Å². The zero-order valence-electron chi connectivity index (χ0n) is 14.7. The number of sulfonamides is 1. The van der Waals surface area contributed by atoms with Crippen molar-refractivity contribution in [2.75, 3.05) is 23.7 Å². The normalized spacial score (nSPS) is 10.8. The maximum Gasteiger partial charge on any atom is 0.241 e. The van der Waals surface area contributed by atoms with Gasteiger partial charge >= 0.3 is 0 Å². The van der Waals surface area contributed by atoms with Crippen molar-refractivity contribution in [2.24, 2.45) is 0 Å². The van der Waals surface area contributed by atoms with Gasteiger partial charge in [-0.3, -0.25) is 4.98 Å². The van der Waals surface area contributed by atoms with Gasteiger partial charge in [-0.15, -0.1) is 10.2 Å². The Balaban J connectivity index is 1.50. The molecule has 0 saturated carbocycles. The molecule has 10 heteroatoms. The van der Waals surface area contributed by atoms with Gasteiger partial charge in [0.25, 0.3) is 0 Å². The smallest absolute Gasteiger partial charge is 0.241 e. The number of hydrogen-bond donors (Lipinski definition) is 3. The molecule has 142 valence electrons. The van der Waals surface area contributed by atoms with Gasteiger partial charge in [-0.05, 0) is 36.4 Å². The van der Waals surface area contributed by atoms with Crippen LogP contribution in [0.1, 0.15) is 5.56 Å². The van der Waals surface area contributed by atoms with Gasteiger partial charge in [-0.1, -0.05) is 12.1 Å². The van der Waals surface area contributed by atoms with E-state index in [0.717, 1.165) is 5.69 Å². The number of pyridine rings is 1. The molecule has 28 heavy (non-hydrogen) atoms. The summed E-state index contributed by atoms with van der Waals surface area (Å²) >= 11 is 0. The summed E-state index contributed by atoms with van der Waals surface area (Å²) in [6, 6.07) is 15.0. The number of nitrogens with zero attached hydrogens (tertiary/aromatic N) is 4. The molecule has 3 rings (SSSR count). The van der Waals surface area contributed by atoms with Gasteiger partial charge in [-0.2, -0.15) is 5.26 Å². The minimum atomic E-state index is -3.76. The first-order valence-corrected chi connectivity index (χ1v) is 9.80. The van der Waals surface area contributed by atoms with E-state index in [1.807, 2.05) is 18.2 Å². The minimum Gasteiger partial charge on any atom is -0.367 e. The number of aromatic nitrogens is 3. The lowest BCUT2D eigenvalue weighted by Gasteiger charge is -2.09. The quantitative estimate of drug-likeness (QED) is 0.492. The summed E-state index contributed by atoms with van der Waals surface area (Å²) in [5.74, 6) is 1.09. The molecule has 0 aliphatic rings. The molecule has 2 heterocycles. The zero-order chi connectivity index (χ0) is 19.8. The second-order valence-electron chi connectivity index (χ2n) is 5.60. The Hall–Kier alpha value is -3.55. The van der Waals surface area contributed by atoms with Crippen LogP contribution in [0, 0.1) is 11.3 Å². The average Bonchev–Trinajstić information content (AvgIpc) is 2.73. The van der Waals surface area contributed by atoms with E-state index >= 15 is 0 Å². The molecule has 3 N–H and O–H groups in total. The fourth-order valence-corrected chi connectivity index (χ4v) is 3.51. The first kappa shape index (κ1) is 19.2. The SMILES string of the molecule is N#Cc1ccccc1S(=O)(=O)NCCNc1ccc(Nc2ccncc2)nn1. The number of hydrogen-bond acceptors (Lipinski definition) is 8. The van der Waals surface area contributed by atoms with Crippen molar-refractivity contribution in [3.63, 3.8) is 0 Å². The summed E-state index contributed by atoms with van der Waals surface area (Å²) < 4.78 is 27.1. The lowest BCUT2D eigenvalue weighted by Crippen LogP contribution is -2.29. The van der Waals surface area contributed by atoms with Crippen LogP contribution in [-0.4, -0.2) is 36.7 Å². The van der Waals surface area contributed by atoms with Gasteiger partial charge < -0.3 is 10.6 Å². The van der Waals surface area contributed by atoms with Gasteiger partial charge in [0.15, 0.2) is 5.82 Å². The summed E-state index contributed by atoms with van der Waals surface area (Å²) in [6.07, 6.45) is 3.34. The van der Waals surface area contributed by atoms with E-state index in [-0.39, 0.29) is 17.0 Å². The third-order valence-electron chi connectivity index (χ3n) is 3.64. The van der Waals surface area contributed by atoms with E-state index in [0.29, 0.717) is 18.2 Å². The third kappa shape index (κ3) is 5.00. The Bertz CT molecular complexity index is 1070. The highest BCUT2D eigenvalue weighted by molar-refractivity contribution is 7.89. The Morgan fingerprint density at radius 2 is 1.64 bits per heavy atom. The van der Waals surface area contributed by atoms with Gasteiger partial charge in [0.05, 0.1) is 10.5 Å². The van der Waals surface area contributed by atoms with Crippen molar-refractivity contribution < 1.29 is 8.42 Å². The predicted octanol–water partition coefficient (Wildman–Crippen LogP) is 1.88. The van der Waals surface area contributed by atoms with E-state index < -0.39 is 10.0 Å². The monoisotopic (exact) mass is 395 g/mol. The largest absolute Gasteiger partial charge is 0.367 e. The molecule has 0 saturated heterocycles. The molecular formula is C18H17N7O2S. The van der Waals surface area contributed by atoms with Crippen LogP contribution in [0.25, 0.3) is 0 Å². The van der Waals surface area contributed by atoms with Crippen molar-refractivity contribution in [1.82, 2.24) is 19.9 Å². The molecule has 0 unspecified atom stereocenters. The van der Waals surface area contributed by atoms with Crippen molar-refractivity contribution in [3.8, 4) is 6.07 Å². The molecule has 0 fully saturated rings. The molecule has 0 radical (unpaired) electrons. The first-order valence-electron chi connectivity index (χ1n) is 8.32. The number of anilines is 3. The van der Waals surface area contributed by atoms with E-state index in [1.54, 1.807) is 36.7 Å². The highest BCUT2D eigenvalue weighted by Gasteiger charge is 2.17. The van der Waals surface area contributed by atoms with Gasteiger partial charge in [0, 0.05) is 31.2 Å². The summed E-state index contributed by atoms with van der Waals surface area (Å²) in [7, 11) is -3.76. The number of rotatable bonds is 8. The highest BCUT2D eigenvalue weighted by atomic mass is 32.2. The molecule has 3 aromatic rings. The lowest BCUT2D eigenvalue weighted by atomic mass is 10.2. The Labute approximate surface area is 162 Å². The van der Waals surface area contributed by atoms with Crippen molar-refractivity contribution in [3.05, 3.63) is 66.5 Å². The van der Waals surface area contributed by atoms with E-state index in [9.17, 15) is 8.42 Å². The van der Waals surface area contributed by atoms with Crippen LogP contribution in [-0.2, 0) is 10.0 Å². The van der Waals surface area contributed by atoms with Gasteiger partial charge in [-0.25, -0.2) is 13.1 Å². The number of nitrogens with one attached hydrogen (secondary N) is 3. The van der Waals surface area contributed by atoms with Crippen molar-refractivity contribution >= 4 is 27.3 Å². The Morgan fingerprint density at radius 1 is 0.929 bits per heavy atom. The second kappa shape index (κ2) is 8.90. The summed E-state index contributed by atoms with van der Waals surface area (Å²) in [5, 5.41) is 23.2. The Morgan fingerprint density at radius 3 is 2.36 bits per heavy atom. The maximum atomic E-state index is 12.3. The molecule has 9 nitrogen and oxygen atoms in total. The molecule has 0 aliphatic heterocycles. The van der Waals surface area contributed by atoms with E-state index in [1.165, 1.54) is 12.1 Å². The summed E-state index contributed by atoms with van der Waals surface area (Å²) in [6.45, 7) is 0.431. The van der Waals surface area contributed by atoms with Crippen LogP contribution >= 0.6 is 0 Å². The molecular weight excluding hydrogens is 378 g/mol. The Kier molecular flexibility index (Phi) is 6.11. The average molecular weight is 395 g/mol. The third-order valence-corrected chi connectivity index (χ3v) is 5.16. The molecule has 0 aliphatic carbocycles. The summed E-state index contributed by atoms with van der Waals surface area (Å²) in [5.41, 5.74) is 0.947. The molecule has 1 aromatic carbocycles. The first-order chi connectivity index (χ1) is 13.6. The van der Waals surface area contributed by atoms with E-state index in [4.69, 9.17) is 5.26 Å². The fourth-order valence-electron chi connectivity index (χ4n) is 2.32. The molecule has 0 amide bonds. The zero-order valence-corrected chi connectivity index (χ0v) is 15.5. The van der Waals surface area contributed by atoms with Crippen LogP contribution in [0.15, 0.2) is 65.8 Å². The van der Waals surface area contributed by atoms with Crippen molar-refractivity contribution in [1.29, 1.82) is 5.26 Å². The highest BCUT2D eigenvalue weighted by Crippen LogP contribution is 2.14. The van der Waals surface area contributed by atoms with Gasteiger partial charge in [0.1, 0.15) is 11.9 Å². The fraction of sp³-hybridized carbons (Fsp3) is 0.111. The van der Waals surface area contributed by atoms with Crippen molar-refractivity contribution in [2.45, 2.75) is 4.90 Å². The molecule has 0 bridgehead atoms. The van der Waals surface area contributed by atoms with Crippen LogP contribution in [0.5, 0.6) is 0 Å². The summed E-state index contributed by atoms with van der Waals surface area (Å²) in [4.78, 5) is 3.90.